The van der Waals surface area contributed by atoms with Crippen molar-refractivity contribution in [3.8, 4) is 0 Å². The molecule has 2 aliphatic rings. The average molecular weight is 576 g/mol. The van der Waals surface area contributed by atoms with E-state index >= 15 is 0 Å². The Hall–Kier alpha value is -1.97. The smallest absolute Gasteiger partial charge is 0.246 e. The van der Waals surface area contributed by atoms with E-state index in [1.54, 1.807) is 28.6 Å². The van der Waals surface area contributed by atoms with E-state index < -0.39 is 10.0 Å². The largest absolute Gasteiger partial charge is 0.371 e. The maximum atomic E-state index is 12.9. The molecule has 1 aliphatic carbocycles. The summed E-state index contributed by atoms with van der Waals surface area (Å²) in [5.74, 6) is 1.05. The van der Waals surface area contributed by atoms with Crippen LogP contribution in [0.2, 0.25) is 5.02 Å². The van der Waals surface area contributed by atoms with Crippen LogP contribution in [0, 0.1) is 17.8 Å². The molecule has 214 valence electrons. The van der Waals surface area contributed by atoms with E-state index in [0.29, 0.717) is 49.0 Å². The lowest BCUT2D eigenvalue weighted by Gasteiger charge is -2.37. The predicted molar refractivity (Wildman–Crippen MR) is 155 cm³/mol. The summed E-state index contributed by atoms with van der Waals surface area (Å²) in [6, 6.07) is 17.1. The Morgan fingerprint density at radius 2 is 1.72 bits per heavy atom. The molecule has 1 saturated carbocycles. The molecule has 2 aromatic rings. The molecule has 9 heteroatoms. The maximum absolute atomic E-state index is 12.9. The number of carbonyl (C=O) groups is 1. The first-order valence-electron chi connectivity index (χ1n) is 14.1. The molecule has 1 heterocycles. The van der Waals surface area contributed by atoms with E-state index in [1.807, 2.05) is 18.2 Å². The van der Waals surface area contributed by atoms with Crippen LogP contribution in [0.4, 0.5) is 0 Å². The summed E-state index contributed by atoms with van der Waals surface area (Å²) in [6.07, 6.45) is 6.14. The number of hydrogen-bond donors (Lipinski definition) is 1. The summed E-state index contributed by atoms with van der Waals surface area (Å²) in [7, 11) is 0.776. The molecular formula is C30H42ClN3O4S. The number of piperidine rings is 1. The lowest BCUT2D eigenvalue weighted by Crippen LogP contribution is -2.41. The van der Waals surface area contributed by atoms with Crippen LogP contribution < -0.4 is 5.32 Å². The van der Waals surface area contributed by atoms with Gasteiger partial charge >= 0.3 is 0 Å². The zero-order valence-electron chi connectivity index (χ0n) is 23.1. The highest BCUT2D eigenvalue weighted by atomic mass is 35.5. The Morgan fingerprint density at radius 1 is 1.03 bits per heavy atom. The maximum Gasteiger partial charge on any atom is 0.246 e. The van der Waals surface area contributed by atoms with E-state index in [9.17, 15) is 13.2 Å². The molecule has 1 amide bonds. The van der Waals surface area contributed by atoms with Gasteiger partial charge < -0.3 is 15.0 Å². The normalized spacial score (nSPS) is 23.4. The number of ether oxygens (including phenoxy) is 1. The molecule has 1 saturated heterocycles. The van der Waals surface area contributed by atoms with Crippen molar-refractivity contribution in [2.24, 2.45) is 17.8 Å². The lowest BCUT2D eigenvalue weighted by atomic mass is 9.76. The van der Waals surface area contributed by atoms with E-state index in [4.69, 9.17) is 16.3 Å². The van der Waals surface area contributed by atoms with Gasteiger partial charge in [0.1, 0.15) is 6.61 Å². The van der Waals surface area contributed by atoms with Crippen LogP contribution in [-0.2, 0) is 19.6 Å². The van der Waals surface area contributed by atoms with Crippen LogP contribution in [0.25, 0.3) is 0 Å². The van der Waals surface area contributed by atoms with Gasteiger partial charge in [0.2, 0.25) is 15.9 Å². The second-order valence-corrected chi connectivity index (χ2v) is 13.6. The average Bonchev–Trinajstić information content (AvgIpc) is 2.94. The molecular weight excluding hydrogens is 534 g/mol. The molecule has 1 N–H and O–H groups in total. The number of hydrogen-bond acceptors (Lipinski definition) is 5. The molecule has 4 rings (SSSR count). The highest BCUT2D eigenvalue weighted by Crippen LogP contribution is 2.39. The summed E-state index contributed by atoms with van der Waals surface area (Å²) in [4.78, 5) is 15.1. The fourth-order valence-corrected chi connectivity index (χ4v) is 7.81. The molecule has 0 radical (unpaired) electrons. The third kappa shape index (κ3) is 8.27. The van der Waals surface area contributed by atoms with Gasteiger partial charge in [-0.15, -0.1) is 0 Å². The van der Waals surface area contributed by atoms with Gasteiger partial charge in [-0.1, -0.05) is 41.9 Å². The Balaban J connectivity index is 1.15. The molecule has 0 bridgehead atoms. The van der Waals surface area contributed by atoms with Gasteiger partial charge in [-0.05, 0) is 100 Å². The predicted octanol–water partition coefficient (Wildman–Crippen LogP) is 4.98. The third-order valence-corrected chi connectivity index (χ3v) is 10.3. The number of amides is 1. The summed E-state index contributed by atoms with van der Waals surface area (Å²) in [6.45, 7) is 2.01. The summed E-state index contributed by atoms with van der Waals surface area (Å²) in [5.41, 5.74) is 1.30. The fourth-order valence-electron chi connectivity index (χ4n) is 6.11. The number of sulfonamides is 1. The Morgan fingerprint density at radius 3 is 2.38 bits per heavy atom. The van der Waals surface area contributed by atoms with Crippen molar-refractivity contribution in [1.29, 1.82) is 0 Å². The minimum atomic E-state index is -3.50. The number of nitrogens with zero attached hydrogens (tertiary/aromatic N) is 2. The minimum absolute atomic E-state index is 0.0105. The Bertz CT molecular complexity index is 1150. The molecule has 1 aliphatic heterocycles. The summed E-state index contributed by atoms with van der Waals surface area (Å²) < 4.78 is 33.1. The second kappa shape index (κ2) is 14.1. The van der Waals surface area contributed by atoms with Crippen molar-refractivity contribution in [2.75, 3.05) is 46.9 Å². The highest BCUT2D eigenvalue weighted by molar-refractivity contribution is 7.89. The lowest BCUT2D eigenvalue weighted by molar-refractivity contribution is -0.126. The van der Waals surface area contributed by atoms with Crippen molar-refractivity contribution >= 4 is 27.5 Å². The quantitative estimate of drug-likeness (QED) is 0.409. The standard InChI is InChI=1S/C30H42ClN3O4S/c1-33(2)30(26-14-16-27(31)17-15-26)25-12-10-23(11-13-25)19-32-29(35)22-38-21-24-7-6-18-34(20-24)39(36,37)28-8-4-3-5-9-28/h3-5,8-9,14-17,23-25,30H,6-7,10-13,18-22H2,1-2H3,(H,32,35). The number of halogens is 1. The first-order chi connectivity index (χ1) is 18.7. The van der Waals surface area contributed by atoms with Gasteiger partial charge in [0, 0.05) is 30.7 Å². The molecule has 7 nitrogen and oxygen atoms in total. The van der Waals surface area contributed by atoms with Crippen LogP contribution in [-0.4, -0.2) is 70.5 Å². The van der Waals surface area contributed by atoms with E-state index in [1.165, 1.54) is 5.56 Å². The van der Waals surface area contributed by atoms with E-state index in [0.717, 1.165) is 43.5 Å². The number of rotatable bonds is 11. The van der Waals surface area contributed by atoms with Crippen LogP contribution in [0.3, 0.4) is 0 Å². The number of nitrogens with one attached hydrogen (secondary N) is 1. The van der Waals surface area contributed by atoms with E-state index in [2.05, 4.69) is 36.4 Å². The molecule has 2 fully saturated rings. The third-order valence-electron chi connectivity index (χ3n) is 8.14. The van der Waals surface area contributed by atoms with Crippen LogP contribution in [0.5, 0.6) is 0 Å². The van der Waals surface area contributed by atoms with Crippen molar-refractivity contribution in [3.63, 3.8) is 0 Å². The first-order valence-corrected chi connectivity index (χ1v) is 15.9. The Kier molecular flexibility index (Phi) is 10.8. The van der Waals surface area contributed by atoms with Crippen molar-refractivity contribution < 1.29 is 17.9 Å². The van der Waals surface area contributed by atoms with Crippen LogP contribution in [0.15, 0.2) is 59.5 Å². The van der Waals surface area contributed by atoms with Crippen molar-refractivity contribution in [1.82, 2.24) is 14.5 Å². The monoisotopic (exact) mass is 575 g/mol. The molecule has 2 unspecified atom stereocenters. The zero-order chi connectivity index (χ0) is 27.8. The highest BCUT2D eigenvalue weighted by Gasteiger charge is 2.31. The van der Waals surface area contributed by atoms with Crippen molar-refractivity contribution in [3.05, 3.63) is 65.2 Å². The van der Waals surface area contributed by atoms with E-state index in [-0.39, 0.29) is 18.4 Å². The SMILES string of the molecule is CN(C)C(c1ccc(Cl)cc1)C1CCC(CNC(=O)COCC2CCCN(S(=O)(=O)c3ccccc3)C2)CC1. The van der Waals surface area contributed by atoms with Gasteiger partial charge in [0.15, 0.2) is 0 Å². The topological polar surface area (TPSA) is 79.0 Å². The Labute approximate surface area is 238 Å². The molecule has 0 aromatic heterocycles. The van der Waals surface area contributed by atoms with Gasteiger partial charge in [-0.25, -0.2) is 8.42 Å². The summed E-state index contributed by atoms with van der Waals surface area (Å²) in [5, 5.41) is 3.81. The van der Waals surface area contributed by atoms with Gasteiger partial charge in [0.25, 0.3) is 0 Å². The fraction of sp³-hybridized carbons (Fsp3) is 0.567. The van der Waals surface area contributed by atoms with Gasteiger partial charge in [0.05, 0.1) is 11.5 Å². The van der Waals surface area contributed by atoms with Gasteiger partial charge in [-0.3, -0.25) is 4.79 Å². The minimum Gasteiger partial charge on any atom is -0.371 e. The molecule has 0 spiro atoms. The molecule has 2 aromatic carbocycles. The van der Waals surface area contributed by atoms with Crippen LogP contribution >= 0.6 is 11.6 Å². The number of benzene rings is 2. The summed E-state index contributed by atoms with van der Waals surface area (Å²) >= 11 is 6.09. The van der Waals surface area contributed by atoms with Crippen molar-refractivity contribution in [2.45, 2.75) is 49.5 Å². The second-order valence-electron chi connectivity index (χ2n) is 11.2. The zero-order valence-corrected chi connectivity index (χ0v) is 24.7. The van der Waals surface area contributed by atoms with Crippen LogP contribution in [0.1, 0.15) is 50.1 Å². The number of carbonyl (C=O) groups excluding carboxylic acids is 1. The molecule has 2 atom stereocenters. The van der Waals surface area contributed by atoms with Gasteiger partial charge in [-0.2, -0.15) is 4.31 Å². The first kappa shape index (κ1) is 30.0. The molecule has 39 heavy (non-hydrogen) atoms.